The van der Waals surface area contributed by atoms with E-state index in [1.807, 2.05) is 6.92 Å². The Morgan fingerprint density at radius 3 is 2.69 bits per heavy atom. The van der Waals surface area contributed by atoms with Gasteiger partial charge in [0.2, 0.25) is 5.91 Å². The average Bonchev–Trinajstić information content (AvgIpc) is 2.24. The second-order valence-corrected chi connectivity index (χ2v) is 3.21. The van der Waals surface area contributed by atoms with Crippen molar-refractivity contribution in [2.45, 2.75) is 32.7 Å². The number of aliphatic carboxylic acids is 1. The van der Waals surface area contributed by atoms with Crippen molar-refractivity contribution < 1.29 is 19.4 Å². The molecule has 0 rings (SSSR count). The van der Waals surface area contributed by atoms with Crippen molar-refractivity contribution in [1.82, 2.24) is 5.32 Å². The second kappa shape index (κ2) is 8.91. The van der Waals surface area contributed by atoms with E-state index in [1.165, 1.54) is 0 Å². The summed E-state index contributed by atoms with van der Waals surface area (Å²) in [6.45, 7) is 4.51. The molecule has 16 heavy (non-hydrogen) atoms. The van der Waals surface area contributed by atoms with Crippen LogP contribution < -0.4 is 5.32 Å². The molecule has 0 heterocycles. The summed E-state index contributed by atoms with van der Waals surface area (Å²) in [5, 5.41) is 11.3. The number of ether oxygens (including phenoxy) is 1. The number of carbonyl (C=O) groups is 2. The Morgan fingerprint density at radius 1 is 1.50 bits per heavy atom. The van der Waals surface area contributed by atoms with Crippen LogP contribution in [0, 0.1) is 0 Å². The standard InChI is InChI=1S/C11H19NO4/c1-3-5-6-9(11(14)15)12-10(13)7-8-16-4-2/h3,5,9H,4,6-8H2,1-2H3,(H,12,13)(H,14,15)/b5-3+. The van der Waals surface area contributed by atoms with Gasteiger partial charge in [0.05, 0.1) is 6.61 Å². The van der Waals surface area contributed by atoms with Gasteiger partial charge >= 0.3 is 5.97 Å². The predicted octanol–water partition coefficient (Wildman–Crippen LogP) is 0.949. The third-order valence-electron chi connectivity index (χ3n) is 1.92. The summed E-state index contributed by atoms with van der Waals surface area (Å²) >= 11 is 0. The van der Waals surface area contributed by atoms with Crippen LogP contribution in [0.3, 0.4) is 0 Å². The largest absolute Gasteiger partial charge is 0.480 e. The van der Waals surface area contributed by atoms with E-state index >= 15 is 0 Å². The summed E-state index contributed by atoms with van der Waals surface area (Å²) in [5.74, 6) is -1.33. The molecule has 1 unspecified atom stereocenters. The first-order chi connectivity index (χ1) is 7.61. The van der Waals surface area contributed by atoms with Crippen LogP contribution in [0.2, 0.25) is 0 Å². The molecule has 0 saturated carbocycles. The van der Waals surface area contributed by atoms with E-state index in [1.54, 1.807) is 19.1 Å². The molecule has 0 aliphatic rings. The lowest BCUT2D eigenvalue weighted by Gasteiger charge is -2.12. The zero-order valence-electron chi connectivity index (χ0n) is 9.73. The van der Waals surface area contributed by atoms with Crippen molar-refractivity contribution in [2.75, 3.05) is 13.2 Å². The summed E-state index contributed by atoms with van der Waals surface area (Å²) in [5.41, 5.74) is 0. The molecule has 0 aromatic carbocycles. The maximum Gasteiger partial charge on any atom is 0.326 e. The topological polar surface area (TPSA) is 75.6 Å². The fraction of sp³-hybridized carbons (Fsp3) is 0.636. The molecule has 0 aromatic rings. The van der Waals surface area contributed by atoms with Gasteiger partial charge in [-0.2, -0.15) is 0 Å². The van der Waals surface area contributed by atoms with Crippen molar-refractivity contribution in [3.8, 4) is 0 Å². The molecule has 0 aliphatic carbocycles. The third-order valence-corrected chi connectivity index (χ3v) is 1.92. The van der Waals surface area contributed by atoms with Crippen LogP contribution in [0.4, 0.5) is 0 Å². The maximum atomic E-state index is 11.3. The highest BCUT2D eigenvalue weighted by Crippen LogP contribution is 1.96. The highest BCUT2D eigenvalue weighted by molar-refractivity contribution is 5.83. The van der Waals surface area contributed by atoms with Crippen molar-refractivity contribution in [1.29, 1.82) is 0 Å². The molecule has 5 heteroatoms. The zero-order chi connectivity index (χ0) is 12.4. The first kappa shape index (κ1) is 14.6. The number of amides is 1. The number of hydrogen-bond acceptors (Lipinski definition) is 3. The van der Waals surface area contributed by atoms with Gasteiger partial charge in [-0.1, -0.05) is 12.2 Å². The molecule has 2 N–H and O–H groups in total. The summed E-state index contributed by atoms with van der Waals surface area (Å²) in [6.07, 6.45) is 3.95. The molecular weight excluding hydrogens is 210 g/mol. The molecule has 0 aliphatic heterocycles. The number of hydrogen-bond donors (Lipinski definition) is 2. The minimum Gasteiger partial charge on any atom is -0.480 e. The van der Waals surface area contributed by atoms with Gasteiger partial charge in [0.25, 0.3) is 0 Å². The van der Waals surface area contributed by atoms with E-state index in [9.17, 15) is 9.59 Å². The number of carboxylic acids is 1. The van der Waals surface area contributed by atoms with Gasteiger partial charge in [-0.3, -0.25) is 4.79 Å². The minimum atomic E-state index is -1.03. The van der Waals surface area contributed by atoms with Gasteiger partial charge in [0.1, 0.15) is 6.04 Å². The Hall–Kier alpha value is -1.36. The molecule has 0 bridgehead atoms. The fourth-order valence-corrected chi connectivity index (χ4v) is 1.07. The van der Waals surface area contributed by atoms with Crippen LogP contribution >= 0.6 is 0 Å². The van der Waals surface area contributed by atoms with E-state index in [0.717, 1.165) is 0 Å². The van der Waals surface area contributed by atoms with Crippen molar-refractivity contribution in [2.24, 2.45) is 0 Å². The quantitative estimate of drug-likeness (QED) is 0.480. The first-order valence-electron chi connectivity index (χ1n) is 5.32. The average molecular weight is 229 g/mol. The van der Waals surface area contributed by atoms with Crippen LogP contribution in [0.5, 0.6) is 0 Å². The number of rotatable bonds is 8. The molecule has 0 spiro atoms. The highest BCUT2D eigenvalue weighted by Gasteiger charge is 2.17. The monoisotopic (exact) mass is 229 g/mol. The predicted molar refractivity (Wildman–Crippen MR) is 60.1 cm³/mol. The molecule has 5 nitrogen and oxygen atoms in total. The Labute approximate surface area is 95.5 Å². The molecule has 0 radical (unpaired) electrons. The van der Waals surface area contributed by atoms with Gasteiger partial charge in [-0.15, -0.1) is 0 Å². The Balaban J connectivity index is 3.98. The second-order valence-electron chi connectivity index (χ2n) is 3.21. The van der Waals surface area contributed by atoms with E-state index in [0.29, 0.717) is 19.6 Å². The summed E-state index contributed by atoms with van der Waals surface area (Å²) in [6, 6.07) is -0.856. The molecule has 0 aromatic heterocycles. The van der Waals surface area contributed by atoms with E-state index in [-0.39, 0.29) is 12.3 Å². The van der Waals surface area contributed by atoms with Crippen molar-refractivity contribution >= 4 is 11.9 Å². The molecular formula is C11H19NO4. The van der Waals surface area contributed by atoms with Crippen LogP contribution in [0.15, 0.2) is 12.2 Å². The van der Waals surface area contributed by atoms with Crippen LogP contribution in [-0.4, -0.2) is 36.2 Å². The Bertz CT molecular complexity index is 250. The number of carbonyl (C=O) groups excluding carboxylic acids is 1. The van der Waals surface area contributed by atoms with Crippen molar-refractivity contribution in [3.63, 3.8) is 0 Å². The minimum absolute atomic E-state index is 0.188. The first-order valence-corrected chi connectivity index (χ1v) is 5.32. The molecule has 0 saturated heterocycles. The van der Waals surface area contributed by atoms with Gasteiger partial charge in [-0.05, 0) is 20.3 Å². The van der Waals surface area contributed by atoms with Gasteiger partial charge in [0.15, 0.2) is 0 Å². The van der Waals surface area contributed by atoms with E-state index in [2.05, 4.69) is 5.32 Å². The summed E-state index contributed by atoms with van der Waals surface area (Å²) < 4.78 is 5.01. The smallest absolute Gasteiger partial charge is 0.326 e. The van der Waals surface area contributed by atoms with E-state index in [4.69, 9.17) is 9.84 Å². The van der Waals surface area contributed by atoms with Gasteiger partial charge in [-0.25, -0.2) is 4.79 Å². The molecule has 1 atom stereocenters. The van der Waals surface area contributed by atoms with Gasteiger partial charge in [0, 0.05) is 13.0 Å². The molecule has 0 fully saturated rings. The zero-order valence-corrected chi connectivity index (χ0v) is 9.73. The van der Waals surface area contributed by atoms with Crippen LogP contribution in [0.1, 0.15) is 26.7 Å². The molecule has 1 amide bonds. The van der Waals surface area contributed by atoms with E-state index < -0.39 is 12.0 Å². The van der Waals surface area contributed by atoms with Crippen LogP contribution in [0.25, 0.3) is 0 Å². The maximum absolute atomic E-state index is 11.3. The lowest BCUT2D eigenvalue weighted by atomic mass is 10.2. The lowest BCUT2D eigenvalue weighted by molar-refractivity contribution is -0.141. The van der Waals surface area contributed by atoms with Gasteiger partial charge < -0.3 is 15.2 Å². The lowest BCUT2D eigenvalue weighted by Crippen LogP contribution is -2.40. The Kier molecular flexibility index (Phi) is 8.15. The number of carboxylic acid groups (broad SMARTS) is 1. The number of allylic oxidation sites excluding steroid dienone is 1. The fourth-order valence-electron chi connectivity index (χ4n) is 1.07. The van der Waals surface area contributed by atoms with Crippen molar-refractivity contribution in [3.05, 3.63) is 12.2 Å². The number of nitrogens with one attached hydrogen (secondary N) is 1. The highest BCUT2D eigenvalue weighted by atomic mass is 16.5. The summed E-state index contributed by atoms with van der Waals surface area (Å²) in [4.78, 5) is 22.1. The SMILES string of the molecule is C/C=C/CC(NC(=O)CCOCC)C(=O)O. The normalized spacial score (nSPS) is 12.6. The third kappa shape index (κ3) is 7.00. The Morgan fingerprint density at radius 2 is 2.19 bits per heavy atom. The summed E-state index contributed by atoms with van der Waals surface area (Å²) in [7, 11) is 0. The molecule has 92 valence electrons. The van der Waals surface area contributed by atoms with Crippen LogP contribution in [-0.2, 0) is 14.3 Å².